The molecule has 1 atom stereocenters. The molecule has 0 N–H and O–H groups in total. The third-order valence-corrected chi connectivity index (χ3v) is 10.8. The summed E-state index contributed by atoms with van der Waals surface area (Å²) in [6.07, 6.45) is 0.838. The number of carbonyl (C=O) groups excluding carboxylic acids is 1. The number of halogens is 1. The molecule has 4 aromatic carbocycles. The van der Waals surface area contributed by atoms with Crippen molar-refractivity contribution in [1.29, 1.82) is 0 Å². The molecule has 0 aromatic heterocycles. The average molecular weight is 839 g/mol. The van der Waals surface area contributed by atoms with E-state index in [0.29, 0.717) is 35.8 Å². The molecule has 8 heteroatoms. The molecule has 2 aliphatic heterocycles. The van der Waals surface area contributed by atoms with E-state index < -0.39 is 0 Å². The van der Waals surface area contributed by atoms with E-state index in [1.807, 2.05) is 27.7 Å². The van der Waals surface area contributed by atoms with Gasteiger partial charge in [-0.3, -0.25) is 0 Å². The van der Waals surface area contributed by atoms with E-state index in [1.165, 1.54) is 33.6 Å². The van der Waals surface area contributed by atoms with E-state index in [2.05, 4.69) is 133 Å². The SMILES string of the molecule is CC(C)c1cccc(C(C)C)c1N1[CH-]N(c2c(C(C)C)cccc2C(C)C)CC1.CCC1CN(C(=O)c2ccc(OC)cc2)c2cccc([CH]=[Ru+])c2O1.Cl. The number of carbonyl (C=O) groups is 1. The summed E-state index contributed by atoms with van der Waals surface area (Å²) in [5.74, 6) is 3.54. The van der Waals surface area contributed by atoms with Crippen LogP contribution in [0.25, 0.3) is 0 Å². The molecule has 2 aliphatic rings. The average Bonchev–Trinajstić information content (AvgIpc) is 3.66. The summed E-state index contributed by atoms with van der Waals surface area (Å²) in [6, 6.07) is 26.8. The van der Waals surface area contributed by atoms with Gasteiger partial charge in [0, 0.05) is 24.5 Å². The molecule has 4 aromatic rings. The standard InChI is InChI=1S/C27H39N2.C19H19NO3.ClH.Ru/c1-18(2)22-11-9-12-23(19(3)4)26(22)28-15-16-29(17-28)27-24(20(5)6)13-10-14-25(27)21(7)8;1-4-15-12-20(17-7-5-6-13(2)18(17)23-15)19(21)14-8-10-16(22-3)11-9-14;;/h9-14,17-21H,15-16H2,1-8H3;2,5-11,15H,4,12H2,1,3H3;1H;/q-1;;;+1. The summed E-state index contributed by atoms with van der Waals surface area (Å²) in [6.45, 7) is 25.5. The van der Waals surface area contributed by atoms with Crippen molar-refractivity contribution >= 4 is 40.0 Å². The van der Waals surface area contributed by atoms with Crippen LogP contribution >= 0.6 is 12.4 Å². The Kier molecular flexibility index (Phi) is 15.4. The van der Waals surface area contributed by atoms with E-state index in [0.717, 1.165) is 42.3 Å². The number of rotatable bonds is 10. The van der Waals surface area contributed by atoms with E-state index in [1.54, 1.807) is 31.4 Å². The van der Waals surface area contributed by atoms with Crippen LogP contribution in [0.2, 0.25) is 0 Å². The fourth-order valence-electron chi connectivity index (χ4n) is 7.29. The minimum absolute atomic E-state index is 0. The number of nitrogens with zero attached hydrogens (tertiary/aromatic N) is 3. The second-order valence-corrected chi connectivity index (χ2v) is 15.8. The van der Waals surface area contributed by atoms with Crippen molar-refractivity contribution < 1.29 is 32.1 Å². The van der Waals surface area contributed by atoms with Gasteiger partial charge in [-0.2, -0.15) is 6.67 Å². The molecule has 0 bridgehead atoms. The Balaban J connectivity index is 0.000000240. The Bertz CT molecular complexity index is 1750. The van der Waals surface area contributed by atoms with Gasteiger partial charge >= 0.3 is 151 Å². The largest absolute Gasteiger partial charge is 0.147 e. The molecule has 291 valence electrons. The van der Waals surface area contributed by atoms with Crippen LogP contribution in [0.4, 0.5) is 17.1 Å². The first kappa shape index (κ1) is 43.1. The Hall–Kier alpha value is -3.67. The first-order chi connectivity index (χ1) is 25.4. The number of hydrogen-bond donors (Lipinski definition) is 0. The number of benzene rings is 4. The molecule has 1 saturated heterocycles. The molecular weight excluding hydrogens is 779 g/mol. The number of ether oxygens (including phenoxy) is 2. The fraction of sp³-hybridized carbons (Fsp3) is 0.413. The third kappa shape index (κ3) is 9.40. The monoisotopic (exact) mass is 838 g/mol. The van der Waals surface area contributed by atoms with Crippen LogP contribution in [0.3, 0.4) is 0 Å². The zero-order chi connectivity index (χ0) is 38.4. The van der Waals surface area contributed by atoms with Crippen molar-refractivity contribution in [3.63, 3.8) is 0 Å². The predicted octanol–water partition coefficient (Wildman–Crippen LogP) is 11.3. The summed E-state index contributed by atoms with van der Waals surface area (Å²) in [4.78, 5) is 19.9. The molecule has 1 fully saturated rings. The number of methoxy groups -OCH3 is 1. The minimum atomic E-state index is -0.0252. The molecule has 54 heavy (non-hydrogen) atoms. The van der Waals surface area contributed by atoms with Gasteiger partial charge in [0.05, 0.1) is 0 Å². The quantitative estimate of drug-likeness (QED) is 0.118. The normalized spacial score (nSPS) is 15.1. The predicted molar refractivity (Wildman–Crippen MR) is 226 cm³/mol. The van der Waals surface area contributed by atoms with Crippen LogP contribution in [0.1, 0.15) is 131 Å². The first-order valence-corrected chi connectivity index (χ1v) is 20.2. The van der Waals surface area contributed by atoms with Gasteiger partial charge in [0.2, 0.25) is 0 Å². The van der Waals surface area contributed by atoms with E-state index in [4.69, 9.17) is 9.47 Å². The van der Waals surface area contributed by atoms with Crippen molar-refractivity contribution in [3.05, 3.63) is 119 Å². The Morgan fingerprint density at radius 1 is 0.778 bits per heavy atom. The molecule has 2 heterocycles. The summed E-state index contributed by atoms with van der Waals surface area (Å²) < 4.78 is 13.2. The van der Waals surface area contributed by atoms with Crippen molar-refractivity contribution in [2.24, 2.45) is 0 Å². The van der Waals surface area contributed by atoms with Crippen molar-refractivity contribution in [2.45, 2.75) is 98.5 Å². The van der Waals surface area contributed by atoms with Gasteiger partial charge in [-0.15, -0.1) is 12.4 Å². The Morgan fingerprint density at radius 2 is 1.24 bits per heavy atom. The molecule has 0 spiro atoms. The molecular formula is C46H59ClN3O3Ru. The number of para-hydroxylation sites is 3. The Morgan fingerprint density at radius 3 is 1.65 bits per heavy atom. The number of fused-ring (bicyclic) bond motifs is 1. The molecule has 0 saturated carbocycles. The zero-order valence-corrected chi connectivity index (χ0v) is 36.3. The van der Waals surface area contributed by atoms with E-state index in [9.17, 15) is 4.79 Å². The van der Waals surface area contributed by atoms with Crippen LogP contribution in [0, 0.1) is 6.67 Å². The van der Waals surface area contributed by atoms with Crippen molar-refractivity contribution in [2.75, 3.05) is 41.4 Å². The van der Waals surface area contributed by atoms with Gasteiger partial charge in [0.15, 0.2) is 0 Å². The fourth-order valence-corrected chi connectivity index (χ4v) is 7.68. The van der Waals surface area contributed by atoms with Crippen LogP contribution in [-0.4, -0.2) is 43.4 Å². The van der Waals surface area contributed by atoms with Gasteiger partial charge in [0.25, 0.3) is 0 Å². The molecule has 0 aliphatic carbocycles. The Labute approximate surface area is 340 Å². The van der Waals surface area contributed by atoms with Crippen LogP contribution < -0.4 is 24.2 Å². The summed E-state index contributed by atoms with van der Waals surface area (Å²) in [5, 5.41) is 0. The van der Waals surface area contributed by atoms with Crippen LogP contribution in [-0.2, 0) is 17.9 Å². The summed E-state index contributed by atoms with van der Waals surface area (Å²) in [5.41, 5.74) is 11.1. The maximum absolute atomic E-state index is 13.0. The molecule has 0 radical (unpaired) electrons. The van der Waals surface area contributed by atoms with Crippen LogP contribution in [0.15, 0.2) is 78.9 Å². The smallest absolute Gasteiger partial charge is 0.147 e. The molecule has 1 amide bonds. The topological polar surface area (TPSA) is 45.2 Å². The molecule has 6 rings (SSSR count). The van der Waals surface area contributed by atoms with E-state index >= 15 is 0 Å². The molecule has 1 unspecified atom stereocenters. The van der Waals surface area contributed by atoms with E-state index in [-0.39, 0.29) is 24.4 Å². The second-order valence-electron chi connectivity index (χ2n) is 15.3. The zero-order valence-electron chi connectivity index (χ0n) is 33.7. The maximum Gasteiger partial charge on any atom is -0.147 e. The maximum atomic E-state index is 13.0. The van der Waals surface area contributed by atoms with Crippen molar-refractivity contribution in [3.8, 4) is 11.5 Å². The van der Waals surface area contributed by atoms with Gasteiger partial charge in [-0.25, -0.2) is 0 Å². The number of anilines is 3. The van der Waals surface area contributed by atoms with Gasteiger partial charge in [0.1, 0.15) is 0 Å². The van der Waals surface area contributed by atoms with Gasteiger partial charge in [-0.1, -0.05) is 91.8 Å². The van der Waals surface area contributed by atoms with Crippen molar-refractivity contribution in [1.82, 2.24) is 0 Å². The first-order valence-electron chi connectivity index (χ1n) is 19.2. The second kappa shape index (κ2) is 19.3. The number of amides is 1. The van der Waals surface area contributed by atoms with Crippen LogP contribution in [0.5, 0.6) is 11.5 Å². The summed E-state index contributed by atoms with van der Waals surface area (Å²) in [7, 11) is 1.61. The minimum Gasteiger partial charge on any atom is -0.147 e. The summed E-state index contributed by atoms with van der Waals surface area (Å²) >= 11 is 2.50. The molecule has 6 nitrogen and oxygen atoms in total. The third-order valence-electron chi connectivity index (χ3n) is 10.3. The number of hydrogen-bond acceptors (Lipinski definition) is 5. The van der Waals surface area contributed by atoms with Gasteiger partial charge < -0.3 is 9.80 Å². The van der Waals surface area contributed by atoms with Gasteiger partial charge in [-0.05, 0) is 45.9 Å².